The Morgan fingerprint density at radius 1 is 1.19 bits per heavy atom. The number of nitrogens with two attached hydrogens (primary N) is 1. The lowest BCUT2D eigenvalue weighted by atomic mass is 10.1. The number of oxime groups is 1. The topological polar surface area (TPSA) is 67.8 Å². The molecule has 0 fully saturated rings. The Hall–Kier alpha value is -2.34. The normalized spacial score (nSPS) is 11.5. The molecule has 0 saturated heterocycles. The number of nitrogens with zero attached hydrogens (tertiary/aromatic N) is 1. The van der Waals surface area contributed by atoms with Crippen LogP contribution in [0.25, 0.3) is 0 Å². The molecule has 0 amide bonds. The molecule has 0 saturated carbocycles. The summed E-state index contributed by atoms with van der Waals surface area (Å²) >= 11 is 5.62. The molecule has 4 nitrogen and oxygen atoms in total. The predicted molar refractivity (Wildman–Crippen MR) is 74.7 cm³/mol. The lowest BCUT2D eigenvalue weighted by molar-refractivity contribution is 0.284. The molecule has 0 spiro atoms. The molecule has 21 heavy (non-hydrogen) atoms. The monoisotopic (exact) mass is 312 g/mol. The van der Waals surface area contributed by atoms with Gasteiger partial charge in [0.2, 0.25) is 0 Å². The van der Waals surface area contributed by atoms with Gasteiger partial charge >= 0.3 is 0 Å². The first kappa shape index (κ1) is 15.1. The predicted octanol–water partition coefficient (Wildman–Crippen LogP) is 3.29. The summed E-state index contributed by atoms with van der Waals surface area (Å²) < 4.78 is 33.0. The molecule has 0 bridgehead atoms. The van der Waals surface area contributed by atoms with E-state index in [-0.39, 0.29) is 34.3 Å². The maximum absolute atomic E-state index is 14.1. The standard InChI is InChI=1S/C14H11ClF2N2O2/c15-10-5-2-6-11(13(10)17)21-7-8-3-1-4-9(12(8)16)14(18)19-20/h1-6,20H,7H2,(H2,18,19). The van der Waals surface area contributed by atoms with Crippen molar-refractivity contribution in [2.45, 2.75) is 6.61 Å². The fourth-order valence-electron chi connectivity index (χ4n) is 1.69. The first-order chi connectivity index (χ1) is 10.0. The Labute approximate surface area is 124 Å². The van der Waals surface area contributed by atoms with Gasteiger partial charge in [-0.3, -0.25) is 0 Å². The lowest BCUT2D eigenvalue weighted by Crippen LogP contribution is -2.16. The highest BCUT2D eigenvalue weighted by Gasteiger charge is 2.13. The molecule has 7 heteroatoms. The van der Waals surface area contributed by atoms with Crippen LogP contribution in [0.5, 0.6) is 5.75 Å². The molecule has 0 aromatic heterocycles. The van der Waals surface area contributed by atoms with Crippen molar-refractivity contribution < 1.29 is 18.7 Å². The number of benzene rings is 2. The van der Waals surface area contributed by atoms with Crippen LogP contribution >= 0.6 is 11.6 Å². The Bertz CT molecular complexity index is 693. The highest BCUT2D eigenvalue weighted by Crippen LogP contribution is 2.25. The van der Waals surface area contributed by atoms with Gasteiger partial charge < -0.3 is 15.7 Å². The van der Waals surface area contributed by atoms with Crippen LogP contribution in [0.4, 0.5) is 8.78 Å². The second kappa shape index (κ2) is 6.41. The number of hydrogen-bond donors (Lipinski definition) is 2. The molecule has 2 rings (SSSR count). The molecule has 0 aliphatic heterocycles. The van der Waals surface area contributed by atoms with Gasteiger partial charge in [-0.15, -0.1) is 0 Å². The highest BCUT2D eigenvalue weighted by atomic mass is 35.5. The number of hydrogen-bond acceptors (Lipinski definition) is 3. The van der Waals surface area contributed by atoms with E-state index in [1.165, 1.54) is 36.4 Å². The zero-order valence-electron chi connectivity index (χ0n) is 10.7. The summed E-state index contributed by atoms with van der Waals surface area (Å²) in [5.74, 6) is -1.86. The van der Waals surface area contributed by atoms with E-state index in [2.05, 4.69) is 5.16 Å². The van der Waals surface area contributed by atoms with Gasteiger partial charge in [-0.25, -0.2) is 8.78 Å². The average Bonchev–Trinajstić information content (AvgIpc) is 2.49. The van der Waals surface area contributed by atoms with E-state index in [9.17, 15) is 8.78 Å². The van der Waals surface area contributed by atoms with Crippen molar-refractivity contribution in [2.75, 3.05) is 0 Å². The van der Waals surface area contributed by atoms with Crippen LogP contribution < -0.4 is 10.5 Å². The van der Waals surface area contributed by atoms with E-state index in [0.717, 1.165) is 0 Å². The molecule has 0 aliphatic carbocycles. The van der Waals surface area contributed by atoms with E-state index in [1.54, 1.807) is 0 Å². The maximum Gasteiger partial charge on any atom is 0.183 e. The largest absolute Gasteiger partial charge is 0.486 e. The Morgan fingerprint density at radius 3 is 2.62 bits per heavy atom. The van der Waals surface area contributed by atoms with E-state index >= 15 is 0 Å². The van der Waals surface area contributed by atoms with Gasteiger partial charge in [-0.05, 0) is 18.2 Å². The molecular weight excluding hydrogens is 302 g/mol. The van der Waals surface area contributed by atoms with Crippen LogP contribution in [0.3, 0.4) is 0 Å². The number of ether oxygens (including phenoxy) is 1. The van der Waals surface area contributed by atoms with Gasteiger partial charge in [0.1, 0.15) is 12.4 Å². The fraction of sp³-hybridized carbons (Fsp3) is 0.0714. The molecule has 0 atom stereocenters. The van der Waals surface area contributed by atoms with Crippen molar-refractivity contribution in [1.82, 2.24) is 0 Å². The SMILES string of the molecule is N/C(=N/O)c1cccc(COc2cccc(Cl)c2F)c1F. The minimum Gasteiger partial charge on any atom is -0.486 e. The summed E-state index contributed by atoms with van der Waals surface area (Å²) in [6.07, 6.45) is 0. The van der Waals surface area contributed by atoms with Gasteiger partial charge in [-0.2, -0.15) is 0 Å². The summed E-state index contributed by atoms with van der Waals surface area (Å²) in [6.45, 7) is -0.227. The molecule has 2 aromatic carbocycles. The van der Waals surface area contributed by atoms with Crippen molar-refractivity contribution in [2.24, 2.45) is 10.9 Å². The van der Waals surface area contributed by atoms with Gasteiger partial charge in [-0.1, -0.05) is 35.0 Å². The summed E-state index contributed by atoms with van der Waals surface area (Å²) in [4.78, 5) is 0. The second-order valence-corrected chi connectivity index (χ2v) is 4.51. The van der Waals surface area contributed by atoms with E-state index in [1.807, 2.05) is 0 Å². The average molecular weight is 313 g/mol. The molecule has 110 valence electrons. The summed E-state index contributed by atoms with van der Waals surface area (Å²) in [6, 6.07) is 8.60. The van der Waals surface area contributed by atoms with Crippen LogP contribution in [0.2, 0.25) is 5.02 Å². The van der Waals surface area contributed by atoms with Gasteiger partial charge in [0.25, 0.3) is 0 Å². The smallest absolute Gasteiger partial charge is 0.183 e. The lowest BCUT2D eigenvalue weighted by Gasteiger charge is -2.10. The molecular formula is C14H11ClF2N2O2. The number of halogens is 3. The van der Waals surface area contributed by atoms with Crippen molar-refractivity contribution in [3.05, 3.63) is 64.2 Å². The highest BCUT2D eigenvalue weighted by molar-refractivity contribution is 6.30. The zero-order valence-corrected chi connectivity index (χ0v) is 11.4. The Balaban J connectivity index is 2.23. The zero-order chi connectivity index (χ0) is 15.4. The first-order valence-corrected chi connectivity index (χ1v) is 6.24. The third-order valence-corrected chi connectivity index (χ3v) is 3.05. The number of amidine groups is 1. The van der Waals surface area contributed by atoms with E-state index < -0.39 is 11.6 Å². The van der Waals surface area contributed by atoms with Crippen molar-refractivity contribution in [1.29, 1.82) is 0 Å². The van der Waals surface area contributed by atoms with Gasteiger partial charge in [0, 0.05) is 5.56 Å². The minimum atomic E-state index is -0.716. The third kappa shape index (κ3) is 3.22. The molecule has 2 aromatic rings. The van der Waals surface area contributed by atoms with Crippen molar-refractivity contribution in [3.63, 3.8) is 0 Å². The summed E-state index contributed by atoms with van der Waals surface area (Å²) in [5.41, 5.74) is 5.43. The first-order valence-electron chi connectivity index (χ1n) is 5.86. The van der Waals surface area contributed by atoms with Crippen LogP contribution in [0, 0.1) is 11.6 Å². The third-order valence-electron chi connectivity index (χ3n) is 2.76. The van der Waals surface area contributed by atoms with Crippen LogP contribution in [0.1, 0.15) is 11.1 Å². The maximum atomic E-state index is 14.1. The summed E-state index contributed by atoms with van der Waals surface area (Å²) in [5, 5.41) is 11.2. The fourth-order valence-corrected chi connectivity index (χ4v) is 1.86. The van der Waals surface area contributed by atoms with Gasteiger partial charge in [0.05, 0.1) is 10.6 Å². The second-order valence-electron chi connectivity index (χ2n) is 4.10. The van der Waals surface area contributed by atoms with Crippen molar-refractivity contribution >= 4 is 17.4 Å². The summed E-state index contributed by atoms with van der Waals surface area (Å²) in [7, 11) is 0. The van der Waals surface area contributed by atoms with E-state index in [0.29, 0.717) is 0 Å². The van der Waals surface area contributed by atoms with Crippen LogP contribution in [-0.4, -0.2) is 11.0 Å². The van der Waals surface area contributed by atoms with Crippen molar-refractivity contribution in [3.8, 4) is 5.75 Å². The molecule has 0 heterocycles. The molecule has 0 aliphatic rings. The quantitative estimate of drug-likeness (QED) is 0.394. The molecule has 3 N–H and O–H groups in total. The van der Waals surface area contributed by atoms with Crippen LogP contribution in [0.15, 0.2) is 41.6 Å². The van der Waals surface area contributed by atoms with Crippen LogP contribution in [-0.2, 0) is 6.61 Å². The van der Waals surface area contributed by atoms with Gasteiger partial charge in [0.15, 0.2) is 17.4 Å². The minimum absolute atomic E-state index is 0.0647. The Morgan fingerprint density at radius 2 is 1.90 bits per heavy atom. The molecule has 0 radical (unpaired) electrons. The molecule has 0 unspecified atom stereocenters. The number of rotatable bonds is 4. The van der Waals surface area contributed by atoms with E-state index in [4.69, 9.17) is 27.3 Å². The Kier molecular flexibility index (Phi) is 4.59.